The van der Waals surface area contributed by atoms with Crippen LogP contribution >= 0.6 is 0 Å². The highest BCUT2D eigenvalue weighted by atomic mass is 16.5. The van der Waals surface area contributed by atoms with E-state index in [0.29, 0.717) is 17.9 Å². The number of hydrogen-bond donors (Lipinski definition) is 6. The number of aryl methyl sites for hydroxylation is 1. The first-order chi connectivity index (χ1) is 20.9. The van der Waals surface area contributed by atoms with Crippen LogP contribution in [-0.4, -0.2) is 59.3 Å². The molecule has 4 atom stereocenters. The van der Waals surface area contributed by atoms with Gasteiger partial charge in [0.05, 0.1) is 13.2 Å². The average Bonchev–Trinajstić information content (AvgIpc) is 2.98. The number of carboxylic acids is 1. The number of amides is 2. The summed E-state index contributed by atoms with van der Waals surface area (Å²) in [5, 5.41) is 30.1. The van der Waals surface area contributed by atoms with Crippen molar-refractivity contribution in [3.8, 4) is 5.75 Å². The molecule has 4 unspecified atom stereocenters. The van der Waals surface area contributed by atoms with E-state index < -0.39 is 41.5 Å². The van der Waals surface area contributed by atoms with Gasteiger partial charge in [0.25, 0.3) is 0 Å². The molecule has 0 saturated heterocycles. The molecule has 0 bridgehead atoms. The topological polar surface area (TPSA) is 163 Å². The number of anilines is 1. The third kappa shape index (κ3) is 10.4. The molecule has 10 nitrogen and oxygen atoms in total. The number of aliphatic hydroxyl groups is 1. The van der Waals surface area contributed by atoms with Gasteiger partial charge in [-0.05, 0) is 59.2 Å². The van der Waals surface area contributed by atoms with Crippen LogP contribution in [0.2, 0.25) is 0 Å². The normalized spacial score (nSPS) is 14.1. The number of carbonyl (C=O) groups excluding carboxylic acids is 2. The average molecular weight is 605 g/mol. The molecular formula is C34H44N4O6. The number of carboxylic acid groups (broad SMARTS) is 1. The summed E-state index contributed by atoms with van der Waals surface area (Å²) in [7, 11) is 1.56. The van der Waals surface area contributed by atoms with Crippen molar-refractivity contribution in [1.82, 2.24) is 16.0 Å². The number of aliphatic hydroxyl groups excluding tert-OH is 1. The molecule has 0 aliphatic rings. The van der Waals surface area contributed by atoms with E-state index in [2.05, 4.69) is 16.0 Å². The number of ether oxygens (including phenoxy) is 1. The maximum atomic E-state index is 13.7. The largest absolute Gasteiger partial charge is 0.497 e. The molecule has 3 rings (SSSR count). The van der Waals surface area contributed by atoms with Gasteiger partial charge in [0.15, 0.2) is 0 Å². The second-order valence-corrected chi connectivity index (χ2v) is 12.0. The Morgan fingerprint density at radius 3 is 2.14 bits per heavy atom. The number of hydrogen-bond acceptors (Lipinski definition) is 7. The van der Waals surface area contributed by atoms with Crippen LogP contribution in [0.15, 0.2) is 78.9 Å². The number of nitrogen functional groups attached to an aromatic ring is 1. The van der Waals surface area contributed by atoms with Gasteiger partial charge in [0, 0.05) is 18.7 Å². The van der Waals surface area contributed by atoms with Crippen LogP contribution in [0.1, 0.15) is 43.9 Å². The molecule has 0 aliphatic carbocycles. The minimum atomic E-state index is -1.50. The maximum Gasteiger partial charge on any atom is 0.323 e. The van der Waals surface area contributed by atoms with Crippen molar-refractivity contribution in [3.63, 3.8) is 0 Å². The van der Waals surface area contributed by atoms with Crippen molar-refractivity contribution in [1.29, 1.82) is 0 Å². The van der Waals surface area contributed by atoms with E-state index in [4.69, 9.17) is 10.5 Å². The molecule has 7 N–H and O–H groups in total. The summed E-state index contributed by atoms with van der Waals surface area (Å²) in [5.41, 5.74) is 8.27. The van der Waals surface area contributed by atoms with Crippen molar-refractivity contribution < 1.29 is 29.3 Å². The molecule has 0 radical (unpaired) electrons. The predicted octanol–water partition coefficient (Wildman–Crippen LogP) is 3.07. The van der Waals surface area contributed by atoms with Gasteiger partial charge < -0.3 is 31.3 Å². The van der Waals surface area contributed by atoms with Crippen molar-refractivity contribution in [3.05, 3.63) is 95.6 Å². The van der Waals surface area contributed by atoms with Gasteiger partial charge in [-0.15, -0.1) is 0 Å². The lowest BCUT2D eigenvalue weighted by Crippen LogP contribution is -2.61. The van der Waals surface area contributed by atoms with E-state index in [1.54, 1.807) is 43.5 Å². The predicted molar refractivity (Wildman–Crippen MR) is 170 cm³/mol. The summed E-state index contributed by atoms with van der Waals surface area (Å²) >= 11 is 0. The summed E-state index contributed by atoms with van der Waals surface area (Å²) in [6.45, 7) is 5.65. The highest BCUT2D eigenvalue weighted by Gasteiger charge is 2.38. The molecule has 3 aromatic rings. The number of carbonyl (C=O) groups is 3. The molecule has 0 fully saturated rings. The highest BCUT2D eigenvalue weighted by Crippen LogP contribution is 2.21. The Morgan fingerprint density at radius 1 is 0.886 bits per heavy atom. The minimum Gasteiger partial charge on any atom is -0.497 e. The Balaban J connectivity index is 1.77. The van der Waals surface area contributed by atoms with E-state index in [1.165, 1.54) is 0 Å². The Morgan fingerprint density at radius 2 is 1.55 bits per heavy atom. The summed E-state index contributed by atoms with van der Waals surface area (Å²) < 4.78 is 5.18. The van der Waals surface area contributed by atoms with Crippen molar-refractivity contribution in [2.75, 3.05) is 12.8 Å². The van der Waals surface area contributed by atoms with Gasteiger partial charge in [0.1, 0.15) is 23.9 Å². The first kappa shape index (κ1) is 34.1. The van der Waals surface area contributed by atoms with Gasteiger partial charge in [-0.3, -0.25) is 19.7 Å². The molecule has 0 spiro atoms. The van der Waals surface area contributed by atoms with E-state index in [-0.39, 0.29) is 25.3 Å². The number of benzene rings is 3. The number of methoxy groups -OCH3 is 1. The van der Waals surface area contributed by atoms with Gasteiger partial charge in [-0.1, -0.05) is 75.4 Å². The highest BCUT2D eigenvalue weighted by molar-refractivity contribution is 5.88. The van der Waals surface area contributed by atoms with Crippen LogP contribution in [-0.2, 0) is 33.8 Å². The molecule has 2 amide bonds. The van der Waals surface area contributed by atoms with E-state index >= 15 is 0 Å². The smallest absolute Gasteiger partial charge is 0.323 e. The van der Waals surface area contributed by atoms with Crippen LogP contribution in [0.3, 0.4) is 0 Å². The first-order valence-corrected chi connectivity index (χ1v) is 14.6. The molecule has 0 heterocycles. The van der Waals surface area contributed by atoms with Crippen LogP contribution in [0, 0.1) is 5.41 Å². The van der Waals surface area contributed by atoms with Crippen LogP contribution in [0.25, 0.3) is 0 Å². The third-order valence-electron chi connectivity index (χ3n) is 7.36. The number of aliphatic carboxylic acids is 1. The summed E-state index contributed by atoms with van der Waals surface area (Å²) in [5.74, 6) is -1.43. The summed E-state index contributed by atoms with van der Waals surface area (Å²) in [6.07, 6.45) is -0.738. The van der Waals surface area contributed by atoms with Gasteiger partial charge in [-0.25, -0.2) is 0 Å². The quantitative estimate of drug-likeness (QED) is 0.144. The fourth-order valence-electron chi connectivity index (χ4n) is 4.86. The zero-order valence-electron chi connectivity index (χ0n) is 25.7. The zero-order valence-corrected chi connectivity index (χ0v) is 25.7. The first-order valence-electron chi connectivity index (χ1n) is 14.6. The summed E-state index contributed by atoms with van der Waals surface area (Å²) in [6, 6.07) is 20.3. The molecule has 0 saturated carbocycles. The minimum absolute atomic E-state index is 0.149. The Kier molecular flexibility index (Phi) is 12.3. The standard InChI is InChI=1S/C34H44N4O6/c1-34(2,3)31(38-28(39)18-15-23-11-8-12-25(35)19-23)32(41)37-27(20-22-9-6-5-7-10-22)30(40)29(33(42)43)36-21-24-13-16-26(44-4)17-14-24/h5-14,16-17,19,27,29-31,36,40H,15,18,20-21,35H2,1-4H3,(H,37,41)(H,38,39)(H,42,43). The van der Waals surface area contributed by atoms with Gasteiger partial charge in [-0.2, -0.15) is 0 Å². The van der Waals surface area contributed by atoms with Crippen molar-refractivity contribution in [2.45, 2.75) is 70.8 Å². The monoisotopic (exact) mass is 604 g/mol. The number of rotatable bonds is 15. The van der Waals surface area contributed by atoms with Gasteiger partial charge in [0.2, 0.25) is 11.8 Å². The molecule has 0 aliphatic heterocycles. The third-order valence-corrected chi connectivity index (χ3v) is 7.36. The van der Waals surface area contributed by atoms with E-state index in [0.717, 1.165) is 16.7 Å². The Labute approximate surface area is 259 Å². The van der Waals surface area contributed by atoms with E-state index in [1.807, 2.05) is 63.2 Å². The zero-order chi connectivity index (χ0) is 32.3. The fourth-order valence-corrected chi connectivity index (χ4v) is 4.86. The second kappa shape index (κ2) is 15.9. The molecular weight excluding hydrogens is 560 g/mol. The fraction of sp³-hybridized carbons (Fsp3) is 0.382. The second-order valence-electron chi connectivity index (χ2n) is 12.0. The Bertz CT molecular complexity index is 1370. The van der Waals surface area contributed by atoms with Crippen molar-refractivity contribution >= 4 is 23.5 Å². The molecule has 0 aromatic heterocycles. The SMILES string of the molecule is COc1ccc(CNC(C(=O)O)C(O)C(Cc2ccccc2)NC(=O)C(NC(=O)CCc2cccc(N)c2)C(C)(C)C)cc1. The van der Waals surface area contributed by atoms with Gasteiger partial charge >= 0.3 is 5.97 Å². The maximum absolute atomic E-state index is 13.7. The molecule has 44 heavy (non-hydrogen) atoms. The summed E-state index contributed by atoms with van der Waals surface area (Å²) in [4.78, 5) is 39.0. The molecule has 3 aromatic carbocycles. The van der Waals surface area contributed by atoms with E-state index in [9.17, 15) is 24.6 Å². The number of nitrogens with two attached hydrogens (primary N) is 1. The van der Waals surface area contributed by atoms with Crippen LogP contribution in [0.5, 0.6) is 5.75 Å². The molecule has 10 heteroatoms. The van der Waals surface area contributed by atoms with Crippen molar-refractivity contribution in [2.24, 2.45) is 5.41 Å². The lowest BCUT2D eigenvalue weighted by Gasteiger charge is -2.34. The lowest BCUT2D eigenvalue weighted by molar-refractivity contribution is -0.144. The number of nitrogens with one attached hydrogen (secondary N) is 3. The van der Waals surface area contributed by atoms with Crippen LogP contribution in [0.4, 0.5) is 5.69 Å². The lowest BCUT2D eigenvalue weighted by atomic mass is 9.85. The van der Waals surface area contributed by atoms with Crippen LogP contribution < -0.4 is 26.4 Å². The molecule has 236 valence electrons. The Hall–Kier alpha value is -4.41.